The van der Waals surface area contributed by atoms with Crippen LogP contribution < -0.4 is 4.74 Å². The Balaban J connectivity index is 1.36. The molecule has 28 heavy (non-hydrogen) atoms. The highest BCUT2D eigenvalue weighted by Gasteiger charge is 2.43. The van der Waals surface area contributed by atoms with E-state index in [1.807, 2.05) is 0 Å². The fraction of sp³-hybridized carbons (Fsp3) is 0.478. The third-order valence-electron chi connectivity index (χ3n) is 6.70. The number of rotatable bonds is 2. The summed E-state index contributed by atoms with van der Waals surface area (Å²) in [5, 5.41) is 11.4. The molecule has 0 bridgehead atoms. The number of fused-ring (bicyclic) bond motifs is 2. The van der Waals surface area contributed by atoms with Gasteiger partial charge in [0.15, 0.2) is 0 Å². The number of nitrogens with zero attached hydrogens (tertiary/aromatic N) is 1. The molecule has 2 aromatic rings. The molecular formula is C23H25F2NO2. The van der Waals surface area contributed by atoms with Crippen LogP contribution in [0.4, 0.5) is 8.78 Å². The fourth-order valence-corrected chi connectivity index (χ4v) is 5.27. The number of hydrogen-bond donors (Lipinski definition) is 1. The van der Waals surface area contributed by atoms with Crippen molar-refractivity contribution in [3.8, 4) is 5.75 Å². The van der Waals surface area contributed by atoms with E-state index in [0.29, 0.717) is 19.4 Å². The van der Waals surface area contributed by atoms with Crippen LogP contribution in [0.3, 0.4) is 0 Å². The Hall–Kier alpha value is -1.98. The normalized spacial score (nSPS) is 25.2. The van der Waals surface area contributed by atoms with E-state index in [1.54, 1.807) is 18.2 Å². The van der Waals surface area contributed by atoms with E-state index in [0.717, 1.165) is 66.8 Å². The summed E-state index contributed by atoms with van der Waals surface area (Å²) in [7, 11) is 0. The highest BCUT2D eigenvalue weighted by Crippen LogP contribution is 2.44. The van der Waals surface area contributed by atoms with E-state index in [2.05, 4.69) is 4.90 Å². The number of halogens is 2. The second-order valence-electron chi connectivity index (χ2n) is 8.31. The predicted octanol–water partition coefficient (Wildman–Crippen LogP) is 4.26. The first-order valence-corrected chi connectivity index (χ1v) is 10.3. The minimum Gasteiger partial charge on any atom is -0.493 e. The van der Waals surface area contributed by atoms with E-state index in [1.165, 1.54) is 12.1 Å². The van der Waals surface area contributed by atoms with Gasteiger partial charge in [-0.3, -0.25) is 4.90 Å². The summed E-state index contributed by atoms with van der Waals surface area (Å²) in [5.41, 5.74) is 2.67. The molecule has 1 unspecified atom stereocenters. The Bertz CT molecular complexity index is 908. The molecule has 5 heteroatoms. The molecule has 0 saturated carbocycles. The summed E-state index contributed by atoms with van der Waals surface area (Å²) in [6.45, 7) is 2.14. The Morgan fingerprint density at radius 3 is 2.61 bits per heavy atom. The maximum absolute atomic E-state index is 14.2. The van der Waals surface area contributed by atoms with Crippen LogP contribution in [0.25, 0.3) is 0 Å². The first-order valence-electron chi connectivity index (χ1n) is 10.3. The van der Waals surface area contributed by atoms with Gasteiger partial charge in [0.1, 0.15) is 23.1 Å². The van der Waals surface area contributed by atoms with Gasteiger partial charge < -0.3 is 9.84 Å². The van der Waals surface area contributed by atoms with Gasteiger partial charge in [-0.15, -0.1) is 0 Å². The van der Waals surface area contributed by atoms with Gasteiger partial charge in [0.25, 0.3) is 0 Å². The van der Waals surface area contributed by atoms with Crippen molar-refractivity contribution in [2.75, 3.05) is 19.7 Å². The highest BCUT2D eigenvalue weighted by molar-refractivity contribution is 5.45. The average Bonchev–Trinajstić information content (AvgIpc) is 3.04. The number of ether oxygens (including phenoxy) is 1. The van der Waals surface area contributed by atoms with Crippen molar-refractivity contribution in [3.63, 3.8) is 0 Å². The second-order valence-corrected chi connectivity index (χ2v) is 8.31. The van der Waals surface area contributed by atoms with Gasteiger partial charge in [-0.25, -0.2) is 8.78 Å². The molecule has 5 rings (SSSR count). The third kappa shape index (κ3) is 2.92. The van der Waals surface area contributed by atoms with Crippen LogP contribution in [-0.4, -0.2) is 29.7 Å². The molecule has 0 amide bonds. The van der Waals surface area contributed by atoms with Gasteiger partial charge in [0.2, 0.25) is 0 Å². The molecule has 1 atom stereocenters. The van der Waals surface area contributed by atoms with Crippen LogP contribution in [0.5, 0.6) is 5.75 Å². The molecule has 3 nitrogen and oxygen atoms in total. The third-order valence-corrected chi connectivity index (χ3v) is 6.70. The molecule has 0 aromatic heterocycles. The monoisotopic (exact) mass is 385 g/mol. The molecule has 1 saturated heterocycles. The van der Waals surface area contributed by atoms with E-state index in [-0.39, 0.29) is 17.6 Å². The van der Waals surface area contributed by atoms with Gasteiger partial charge in [-0.2, -0.15) is 0 Å². The minimum atomic E-state index is -1.02. The number of piperidine rings is 1. The first-order chi connectivity index (χ1) is 13.5. The molecule has 1 aliphatic carbocycles. The standard InChI is InChI=1S/C23H25F2NO2/c24-18-3-4-21-16(12-18)5-8-23(21,27)26-9-6-15(7-10-26)20-14-19(25)13-17-2-1-11-28-22(17)20/h3-4,12-15,27H,1-2,5-11H2. The second kappa shape index (κ2) is 6.82. The SMILES string of the molecule is OC1(N2CCC(c3cc(F)cc4c3OCCC4)CC2)CCc2cc(F)ccc21. The summed E-state index contributed by atoms with van der Waals surface area (Å²) in [4.78, 5) is 2.11. The number of hydrogen-bond acceptors (Lipinski definition) is 3. The van der Waals surface area contributed by atoms with Crippen LogP contribution in [0.2, 0.25) is 0 Å². The zero-order valence-corrected chi connectivity index (χ0v) is 15.9. The molecule has 1 N–H and O–H groups in total. The smallest absolute Gasteiger partial charge is 0.145 e. The Morgan fingerprint density at radius 1 is 1.00 bits per heavy atom. The van der Waals surface area contributed by atoms with Crippen LogP contribution in [0, 0.1) is 11.6 Å². The fourth-order valence-electron chi connectivity index (χ4n) is 5.27. The van der Waals surface area contributed by atoms with E-state index >= 15 is 0 Å². The van der Waals surface area contributed by atoms with Crippen molar-refractivity contribution in [1.82, 2.24) is 4.90 Å². The van der Waals surface area contributed by atoms with Crippen molar-refractivity contribution >= 4 is 0 Å². The molecule has 1 fully saturated rings. The Kier molecular flexibility index (Phi) is 4.40. The topological polar surface area (TPSA) is 32.7 Å². The Labute approximate surface area is 163 Å². The van der Waals surface area contributed by atoms with Gasteiger partial charge in [0.05, 0.1) is 6.61 Å². The number of aryl methyl sites for hydroxylation is 2. The predicted molar refractivity (Wildman–Crippen MR) is 102 cm³/mol. The van der Waals surface area contributed by atoms with Crippen LogP contribution in [0.15, 0.2) is 30.3 Å². The first kappa shape index (κ1) is 18.1. The molecule has 2 heterocycles. The van der Waals surface area contributed by atoms with Crippen molar-refractivity contribution in [2.45, 2.75) is 50.2 Å². The molecule has 2 aromatic carbocycles. The maximum Gasteiger partial charge on any atom is 0.145 e. The Morgan fingerprint density at radius 2 is 1.79 bits per heavy atom. The number of benzene rings is 2. The lowest BCUT2D eigenvalue weighted by Gasteiger charge is -2.42. The zero-order chi connectivity index (χ0) is 19.3. The molecular weight excluding hydrogens is 360 g/mol. The van der Waals surface area contributed by atoms with E-state index < -0.39 is 5.72 Å². The van der Waals surface area contributed by atoms with Crippen molar-refractivity contribution < 1.29 is 18.6 Å². The van der Waals surface area contributed by atoms with Crippen LogP contribution in [0.1, 0.15) is 53.9 Å². The molecule has 0 radical (unpaired) electrons. The van der Waals surface area contributed by atoms with Crippen molar-refractivity contribution in [2.24, 2.45) is 0 Å². The zero-order valence-electron chi connectivity index (χ0n) is 15.9. The highest BCUT2D eigenvalue weighted by atomic mass is 19.1. The average molecular weight is 385 g/mol. The van der Waals surface area contributed by atoms with Gasteiger partial charge in [-0.1, -0.05) is 6.07 Å². The summed E-state index contributed by atoms with van der Waals surface area (Å²) in [6.07, 6.45) is 4.77. The van der Waals surface area contributed by atoms with Gasteiger partial charge >= 0.3 is 0 Å². The molecule has 148 valence electrons. The van der Waals surface area contributed by atoms with Crippen molar-refractivity contribution in [3.05, 3.63) is 64.2 Å². The lowest BCUT2D eigenvalue weighted by molar-refractivity contribution is -0.123. The molecule has 2 aliphatic heterocycles. The summed E-state index contributed by atoms with van der Waals surface area (Å²) < 4.78 is 33.6. The quantitative estimate of drug-likeness (QED) is 0.838. The van der Waals surface area contributed by atoms with Crippen molar-refractivity contribution in [1.29, 1.82) is 0 Å². The largest absolute Gasteiger partial charge is 0.493 e. The molecule has 0 spiro atoms. The van der Waals surface area contributed by atoms with Gasteiger partial charge in [-0.05, 0) is 79.8 Å². The van der Waals surface area contributed by atoms with E-state index in [9.17, 15) is 13.9 Å². The molecule has 3 aliphatic rings. The number of aliphatic hydroxyl groups is 1. The lowest BCUT2D eigenvalue weighted by Crippen LogP contribution is -2.48. The van der Waals surface area contributed by atoms with Crippen LogP contribution in [-0.2, 0) is 18.6 Å². The summed E-state index contributed by atoms with van der Waals surface area (Å²) in [5.74, 6) is 0.674. The van der Waals surface area contributed by atoms with Crippen LogP contribution >= 0.6 is 0 Å². The van der Waals surface area contributed by atoms with Gasteiger partial charge in [0, 0.05) is 24.2 Å². The minimum absolute atomic E-state index is 0.188. The summed E-state index contributed by atoms with van der Waals surface area (Å²) in [6, 6.07) is 7.92. The van der Waals surface area contributed by atoms with E-state index in [4.69, 9.17) is 4.74 Å². The maximum atomic E-state index is 14.2. The summed E-state index contributed by atoms with van der Waals surface area (Å²) >= 11 is 0. The lowest BCUT2D eigenvalue weighted by atomic mass is 9.85. The number of likely N-dealkylation sites (tertiary alicyclic amines) is 1.